The van der Waals surface area contributed by atoms with Gasteiger partial charge in [-0.3, -0.25) is 4.98 Å². The van der Waals surface area contributed by atoms with Gasteiger partial charge >= 0.3 is 0 Å². The minimum absolute atomic E-state index is 0.894. The van der Waals surface area contributed by atoms with Crippen molar-refractivity contribution in [3.8, 4) is 11.3 Å². The van der Waals surface area contributed by atoms with Crippen molar-refractivity contribution >= 4 is 37.7 Å². The molecule has 0 spiro atoms. The number of hydrogen-bond donors (Lipinski definition) is 0. The third kappa shape index (κ3) is 2.30. The van der Waals surface area contributed by atoms with Crippen LogP contribution in [-0.2, 0) is 0 Å². The highest BCUT2D eigenvalue weighted by Gasteiger charge is 2.04. The number of aromatic nitrogens is 2. The second-order valence-corrected chi connectivity index (χ2v) is 5.87. The van der Waals surface area contributed by atoms with Gasteiger partial charge in [0.05, 0.1) is 22.9 Å². The van der Waals surface area contributed by atoms with Crippen LogP contribution in [0.3, 0.4) is 0 Å². The lowest BCUT2D eigenvalue weighted by Gasteiger charge is -2.04. The van der Waals surface area contributed by atoms with Gasteiger partial charge in [0, 0.05) is 10.0 Å². The van der Waals surface area contributed by atoms with Gasteiger partial charge in [-0.15, -0.1) is 0 Å². The quantitative estimate of drug-likeness (QED) is 0.446. The Morgan fingerprint density at radius 1 is 0.762 bits per heavy atom. The molecule has 100 valence electrons. The molecular weight excluding hydrogens is 324 g/mol. The zero-order valence-electron chi connectivity index (χ0n) is 11.1. The third-order valence-electron chi connectivity index (χ3n) is 3.55. The standard InChI is InChI=1S/C18H11BrN2/c19-15-7-5-12(6-8-15)18-11-20-16-9-13-3-1-2-4-14(13)10-17(16)21-18/h1-11H. The molecule has 0 saturated carbocycles. The molecule has 1 aromatic heterocycles. The van der Waals surface area contributed by atoms with Crippen LogP contribution in [0, 0.1) is 0 Å². The van der Waals surface area contributed by atoms with Crippen molar-refractivity contribution < 1.29 is 0 Å². The zero-order valence-corrected chi connectivity index (χ0v) is 12.7. The summed E-state index contributed by atoms with van der Waals surface area (Å²) in [5, 5.41) is 2.38. The van der Waals surface area contributed by atoms with Gasteiger partial charge in [-0.1, -0.05) is 52.3 Å². The molecule has 3 aromatic carbocycles. The number of rotatable bonds is 1. The second-order valence-electron chi connectivity index (χ2n) is 4.95. The molecule has 2 nitrogen and oxygen atoms in total. The smallest absolute Gasteiger partial charge is 0.0900 e. The van der Waals surface area contributed by atoms with Crippen LogP contribution in [0.2, 0.25) is 0 Å². The van der Waals surface area contributed by atoms with E-state index in [9.17, 15) is 0 Å². The van der Waals surface area contributed by atoms with E-state index in [2.05, 4.69) is 45.2 Å². The lowest BCUT2D eigenvalue weighted by Crippen LogP contribution is -1.89. The van der Waals surface area contributed by atoms with Crippen LogP contribution in [-0.4, -0.2) is 9.97 Å². The summed E-state index contributed by atoms with van der Waals surface area (Å²) in [7, 11) is 0. The second kappa shape index (κ2) is 4.93. The average molecular weight is 335 g/mol. The average Bonchev–Trinajstić information content (AvgIpc) is 2.53. The molecule has 0 aliphatic heterocycles. The number of benzene rings is 3. The fraction of sp³-hybridized carbons (Fsp3) is 0. The molecule has 0 aliphatic carbocycles. The Hall–Kier alpha value is -2.26. The monoisotopic (exact) mass is 334 g/mol. The molecule has 4 aromatic rings. The molecular formula is C18H11BrN2. The summed E-state index contributed by atoms with van der Waals surface area (Å²) in [6, 6.07) is 20.6. The minimum atomic E-state index is 0.894. The van der Waals surface area contributed by atoms with Gasteiger partial charge in [-0.05, 0) is 35.0 Å². The highest BCUT2D eigenvalue weighted by molar-refractivity contribution is 9.10. The Bertz CT molecular complexity index is 946. The van der Waals surface area contributed by atoms with Gasteiger partial charge in [-0.2, -0.15) is 0 Å². The van der Waals surface area contributed by atoms with E-state index in [1.54, 1.807) is 0 Å². The van der Waals surface area contributed by atoms with Crippen LogP contribution in [0.15, 0.2) is 71.3 Å². The first-order valence-corrected chi connectivity index (χ1v) is 7.50. The first-order chi connectivity index (χ1) is 10.3. The van der Waals surface area contributed by atoms with Crippen molar-refractivity contribution in [1.82, 2.24) is 9.97 Å². The summed E-state index contributed by atoms with van der Waals surface area (Å²) in [5.74, 6) is 0. The molecule has 0 N–H and O–H groups in total. The van der Waals surface area contributed by atoms with E-state index in [0.29, 0.717) is 0 Å². The van der Waals surface area contributed by atoms with Crippen molar-refractivity contribution in [3.05, 3.63) is 71.3 Å². The minimum Gasteiger partial charge on any atom is -0.252 e. The molecule has 0 fully saturated rings. The molecule has 0 aliphatic rings. The van der Waals surface area contributed by atoms with Crippen molar-refractivity contribution in [2.24, 2.45) is 0 Å². The summed E-state index contributed by atoms with van der Waals surface area (Å²) in [5.41, 5.74) is 3.81. The molecule has 0 bridgehead atoms. The van der Waals surface area contributed by atoms with E-state index < -0.39 is 0 Å². The van der Waals surface area contributed by atoms with Crippen molar-refractivity contribution in [2.45, 2.75) is 0 Å². The van der Waals surface area contributed by atoms with Crippen molar-refractivity contribution in [2.75, 3.05) is 0 Å². The molecule has 0 atom stereocenters. The molecule has 3 heteroatoms. The number of nitrogens with zero attached hydrogens (tertiary/aromatic N) is 2. The molecule has 21 heavy (non-hydrogen) atoms. The van der Waals surface area contributed by atoms with Gasteiger partial charge in [0.1, 0.15) is 0 Å². The van der Waals surface area contributed by atoms with Crippen LogP contribution in [0.4, 0.5) is 0 Å². The van der Waals surface area contributed by atoms with Crippen LogP contribution in [0.25, 0.3) is 33.1 Å². The Kier molecular flexibility index (Phi) is 2.93. The highest BCUT2D eigenvalue weighted by atomic mass is 79.9. The van der Waals surface area contributed by atoms with E-state index in [0.717, 1.165) is 26.8 Å². The van der Waals surface area contributed by atoms with Crippen molar-refractivity contribution in [3.63, 3.8) is 0 Å². The summed E-state index contributed by atoms with van der Waals surface area (Å²) in [6.07, 6.45) is 1.83. The van der Waals surface area contributed by atoms with Gasteiger partial charge < -0.3 is 0 Å². The maximum Gasteiger partial charge on any atom is 0.0900 e. The van der Waals surface area contributed by atoms with Crippen LogP contribution in [0.1, 0.15) is 0 Å². The maximum absolute atomic E-state index is 4.75. The number of hydrogen-bond acceptors (Lipinski definition) is 2. The molecule has 0 unspecified atom stereocenters. The Balaban J connectivity index is 1.92. The highest BCUT2D eigenvalue weighted by Crippen LogP contribution is 2.24. The molecule has 0 amide bonds. The van der Waals surface area contributed by atoms with Gasteiger partial charge in [-0.25, -0.2) is 4.98 Å². The number of fused-ring (bicyclic) bond motifs is 2. The van der Waals surface area contributed by atoms with E-state index in [1.165, 1.54) is 10.8 Å². The summed E-state index contributed by atoms with van der Waals surface area (Å²) < 4.78 is 1.06. The topological polar surface area (TPSA) is 25.8 Å². The van der Waals surface area contributed by atoms with Crippen LogP contribution >= 0.6 is 15.9 Å². The lowest BCUT2D eigenvalue weighted by atomic mass is 10.1. The summed E-state index contributed by atoms with van der Waals surface area (Å²) >= 11 is 3.45. The molecule has 0 radical (unpaired) electrons. The normalized spacial score (nSPS) is 11.1. The maximum atomic E-state index is 4.75. The van der Waals surface area contributed by atoms with Gasteiger partial charge in [0.2, 0.25) is 0 Å². The van der Waals surface area contributed by atoms with Crippen molar-refractivity contribution in [1.29, 1.82) is 0 Å². The summed E-state index contributed by atoms with van der Waals surface area (Å²) in [4.78, 5) is 9.30. The molecule has 1 heterocycles. The fourth-order valence-electron chi connectivity index (χ4n) is 2.46. The Labute approximate surface area is 130 Å². The van der Waals surface area contributed by atoms with Gasteiger partial charge in [0.15, 0.2) is 0 Å². The molecule has 0 saturated heterocycles. The van der Waals surface area contributed by atoms with E-state index in [1.807, 2.05) is 42.6 Å². The SMILES string of the molecule is Brc1ccc(-c2cnc3cc4ccccc4cc3n2)cc1. The third-order valence-corrected chi connectivity index (χ3v) is 4.08. The Morgan fingerprint density at radius 2 is 1.43 bits per heavy atom. The fourth-order valence-corrected chi connectivity index (χ4v) is 2.72. The predicted octanol–water partition coefficient (Wildman–Crippen LogP) is 5.21. The largest absolute Gasteiger partial charge is 0.252 e. The van der Waals surface area contributed by atoms with Gasteiger partial charge in [0.25, 0.3) is 0 Å². The number of halogens is 1. The first kappa shape index (κ1) is 12.5. The molecule has 4 rings (SSSR count). The zero-order chi connectivity index (χ0) is 14.2. The summed E-state index contributed by atoms with van der Waals surface area (Å²) in [6.45, 7) is 0. The van der Waals surface area contributed by atoms with E-state index in [4.69, 9.17) is 4.98 Å². The van der Waals surface area contributed by atoms with E-state index >= 15 is 0 Å². The van der Waals surface area contributed by atoms with Crippen LogP contribution < -0.4 is 0 Å². The van der Waals surface area contributed by atoms with E-state index in [-0.39, 0.29) is 0 Å². The predicted molar refractivity (Wildman–Crippen MR) is 90.2 cm³/mol. The van der Waals surface area contributed by atoms with Crippen LogP contribution in [0.5, 0.6) is 0 Å². The first-order valence-electron chi connectivity index (χ1n) is 6.71. The Morgan fingerprint density at radius 3 is 2.14 bits per heavy atom. The lowest BCUT2D eigenvalue weighted by molar-refractivity contribution is 1.30.